The minimum Gasteiger partial charge on any atom is -0.370 e. The summed E-state index contributed by atoms with van der Waals surface area (Å²) in [6.07, 6.45) is 4.00. The maximum Gasteiger partial charge on any atom is 0.244 e. The molecule has 41 heavy (non-hydrogen) atoms. The molecule has 0 fully saturated rings. The molecule has 2 rings (SSSR count). The van der Waals surface area contributed by atoms with Crippen molar-refractivity contribution in [2.75, 3.05) is 19.6 Å². The van der Waals surface area contributed by atoms with E-state index in [-0.39, 0.29) is 55.7 Å². The number of guanidine groups is 1. The summed E-state index contributed by atoms with van der Waals surface area (Å²) in [6, 6.07) is 17.4. The van der Waals surface area contributed by atoms with Crippen LogP contribution in [-0.2, 0) is 25.6 Å². The molecule has 0 unspecified atom stereocenters. The fourth-order valence-electron chi connectivity index (χ4n) is 3.83. The van der Waals surface area contributed by atoms with Crippen molar-refractivity contribution in [1.29, 1.82) is 5.41 Å². The molecule has 0 saturated carbocycles. The summed E-state index contributed by atoms with van der Waals surface area (Å²) < 4.78 is 0. The van der Waals surface area contributed by atoms with E-state index in [4.69, 9.17) is 11.1 Å². The Hall–Kier alpha value is -4.67. The van der Waals surface area contributed by atoms with Gasteiger partial charge in [0, 0.05) is 25.2 Å². The van der Waals surface area contributed by atoms with Gasteiger partial charge in [0.1, 0.15) is 6.04 Å². The topological polar surface area (TPSA) is 178 Å². The first kappa shape index (κ1) is 32.5. The van der Waals surface area contributed by atoms with Crippen LogP contribution < -0.4 is 32.3 Å². The zero-order valence-corrected chi connectivity index (χ0v) is 23.6. The molecule has 2 aromatic rings. The molecular weight excluding hydrogens is 522 g/mol. The van der Waals surface area contributed by atoms with E-state index in [0.29, 0.717) is 13.0 Å². The number of carbonyl (C=O) groups excluding carboxylic acids is 4. The number of nitrogens with two attached hydrogens (primary N) is 1. The third-order valence-electron chi connectivity index (χ3n) is 6.14. The molecule has 0 radical (unpaired) electrons. The molecule has 0 aliphatic rings. The molecule has 2 aromatic carbocycles. The molecule has 8 N–H and O–H groups in total. The summed E-state index contributed by atoms with van der Waals surface area (Å²) in [7, 11) is 0. The van der Waals surface area contributed by atoms with Gasteiger partial charge in [-0.05, 0) is 36.0 Å². The highest BCUT2D eigenvalue weighted by molar-refractivity contribution is 5.92. The van der Waals surface area contributed by atoms with Crippen LogP contribution in [0.15, 0.2) is 66.7 Å². The van der Waals surface area contributed by atoms with Gasteiger partial charge in [0.25, 0.3) is 0 Å². The average Bonchev–Trinajstić information content (AvgIpc) is 2.95. The van der Waals surface area contributed by atoms with Gasteiger partial charge >= 0.3 is 0 Å². The predicted octanol–water partition coefficient (Wildman–Crippen LogP) is 1.06. The van der Waals surface area contributed by atoms with Crippen LogP contribution >= 0.6 is 0 Å². The van der Waals surface area contributed by atoms with Crippen molar-refractivity contribution in [1.82, 2.24) is 26.6 Å². The van der Waals surface area contributed by atoms with Crippen LogP contribution in [0.4, 0.5) is 0 Å². The minimum atomic E-state index is -0.871. The predicted molar refractivity (Wildman–Crippen MR) is 159 cm³/mol. The van der Waals surface area contributed by atoms with Gasteiger partial charge in [-0.3, -0.25) is 24.6 Å². The first-order chi connectivity index (χ1) is 19.6. The Morgan fingerprint density at radius 3 is 2.17 bits per heavy atom. The van der Waals surface area contributed by atoms with E-state index in [1.54, 1.807) is 6.08 Å². The zero-order chi connectivity index (χ0) is 30.0. The van der Waals surface area contributed by atoms with Crippen LogP contribution in [0.3, 0.4) is 0 Å². The Labute approximate surface area is 241 Å². The maximum atomic E-state index is 12.9. The SMILES string of the molecule is CC(C)[C@@H](CNC(=O)/C=C/c1ccccc1)NC(=O)CNC(=O)[C@H](CCCNC(=N)N)NC(=O)Cc1ccccc1. The zero-order valence-electron chi connectivity index (χ0n) is 23.6. The fourth-order valence-corrected chi connectivity index (χ4v) is 3.83. The maximum absolute atomic E-state index is 12.9. The van der Waals surface area contributed by atoms with Gasteiger partial charge in [-0.1, -0.05) is 74.5 Å². The Morgan fingerprint density at radius 1 is 0.878 bits per heavy atom. The summed E-state index contributed by atoms with van der Waals surface area (Å²) in [5.74, 6) is -1.68. The van der Waals surface area contributed by atoms with Gasteiger partial charge in [0.2, 0.25) is 23.6 Å². The van der Waals surface area contributed by atoms with E-state index in [9.17, 15) is 19.2 Å². The third-order valence-corrected chi connectivity index (χ3v) is 6.14. The lowest BCUT2D eigenvalue weighted by Crippen LogP contribution is -2.52. The summed E-state index contributed by atoms with van der Waals surface area (Å²) in [5.41, 5.74) is 7.02. The van der Waals surface area contributed by atoms with Crippen LogP contribution in [0.2, 0.25) is 0 Å². The number of benzene rings is 2. The standard InChI is InChI=1S/C30H41N7O4/c1-21(2)25(19-34-26(38)16-15-22-10-5-3-6-11-22)37-28(40)20-35-29(41)24(14-9-17-33-30(31)32)36-27(39)18-23-12-7-4-8-13-23/h3-8,10-13,15-16,21,24-25H,9,14,17-20H2,1-2H3,(H,34,38)(H,35,41)(H,36,39)(H,37,40)(H4,31,32,33)/b16-15+/t24-,25+/m0/s1. The fraction of sp³-hybridized carbons (Fsp3) is 0.367. The highest BCUT2D eigenvalue weighted by Gasteiger charge is 2.22. The lowest BCUT2D eigenvalue weighted by atomic mass is 10.0. The second-order valence-electron chi connectivity index (χ2n) is 9.89. The van der Waals surface area contributed by atoms with E-state index < -0.39 is 17.9 Å². The molecule has 220 valence electrons. The Morgan fingerprint density at radius 2 is 1.54 bits per heavy atom. The molecule has 11 heteroatoms. The van der Waals surface area contributed by atoms with E-state index in [1.807, 2.05) is 74.5 Å². The van der Waals surface area contributed by atoms with Crippen molar-refractivity contribution in [3.05, 3.63) is 77.9 Å². The molecule has 2 atom stereocenters. The van der Waals surface area contributed by atoms with Crippen LogP contribution in [0.5, 0.6) is 0 Å². The average molecular weight is 564 g/mol. The monoisotopic (exact) mass is 563 g/mol. The summed E-state index contributed by atoms with van der Waals surface area (Å²) in [4.78, 5) is 50.4. The molecule has 0 saturated heterocycles. The molecule has 11 nitrogen and oxygen atoms in total. The number of nitrogens with one attached hydrogen (secondary N) is 6. The van der Waals surface area contributed by atoms with Gasteiger partial charge in [0.05, 0.1) is 13.0 Å². The summed E-state index contributed by atoms with van der Waals surface area (Å²) >= 11 is 0. The van der Waals surface area contributed by atoms with E-state index in [2.05, 4.69) is 26.6 Å². The summed E-state index contributed by atoms with van der Waals surface area (Å²) in [6.45, 7) is 4.12. The normalized spacial score (nSPS) is 12.3. The second kappa shape index (κ2) is 17.8. The van der Waals surface area contributed by atoms with Crippen molar-refractivity contribution in [2.45, 2.75) is 45.2 Å². The van der Waals surface area contributed by atoms with E-state index in [1.165, 1.54) is 6.08 Å². The Bertz CT molecular complexity index is 1170. The number of carbonyl (C=O) groups is 4. The molecule has 0 spiro atoms. The lowest BCUT2D eigenvalue weighted by Gasteiger charge is -2.23. The Kier molecular flexibility index (Phi) is 14.1. The molecule has 4 amide bonds. The molecule has 0 aliphatic heterocycles. The Balaban J connectivity index is 1.87. The molecular formula is C30H41N7O4. The first-order valence-electron chi connectivity index (χ1n) is 13.6. The summed E-state index contributed by atoms with van der Waals surface area (Å²) in [5, 5.41) is 20.9. The van der Waals surface area contributed by atoms with Crippen LogP contribution in [0.25, 0.3) is 6.08 Å². The van der Waals surface area contributed by atoms with Crippen molar-refractivity contribution in [3.8, 4) is 0 Å². The highest BCUT2D eigenvalue weighted by Crippen LogP contribution is 2.04. The highest BCUT2D eigenvalue weighted by atomic mass is 16.2. The van der Waals surface area contributed by atoms with Crippen molar-refractivity contribution in [2.24, 2.45) is 11.7 Å². The van der Waals surface area contributed by atoms with Crippen molar-refractivity contribution in [3.63, 3.8) is 0 Å². The minimum absolute atomic E-state index is 0.0202. The van der Waals surface area contributed by atoms with Gasteiger partial charge in [-0.15, -0.1) is 0 Å². The van der Waals surface area contributed by atoms with Crippen LogP contribution in [-0.4, -0.2) is 61.3 Å². The third kappa shape index (κ3) is 13.8. The van der Waals surface area contributed by atoms with Gasteiger partial charge in [0.15, 0.2) is 5.96 Å². The van der Waals surface area contributed by atoms with Crippen LogP contribution in [0, 0.1) is 11.3 Å². The molecule has 0 heterocycles. The van der Waals surface area contributed by atoms with Crippen molar-refractivity contribution >= 4 is 35.7 Å². The smallest absolute Gasteiger partial charge is 0.244 e. The molecule has 0 aliphatic carbocycles. The van der Waals surface area contributed by atoms with Gasteiger partial charge < -0.3 is 32.3 Å². The molecule has 0 bridgehead atoms. The lowest BCUT2D eigenvalue weighted by molar-refractivity contribution is -0.130. The number of hydrogen-bond donors (Lipinski definition) is 7. The number of hydrogen-bond acceptors (Lipinski definition) is 5. The first-order valence-corrected chi connectivity index (χ1v) is 13.6. The number of rotatable bonds is 16. The second-order valence-corrected chi connectivity index (χ2v) is 9.89. The van der Waals surface area contributed by atoms with Gasteiger partial charge in [-0.2, -0.15) is 0 Å². The van der Waals surface area contributed by atoms with Gasteiger partial charge in [-0.25, -0.2) is 0 Å². The van der Waals surface area contributed by atoms with Crippen molar-refractivity contribution < 1.29 is 19.2 Å². The largest absolute Gasteiger partial charge is 0.370 e. The number of amides is 4. The van der Waals surface area contributed by atoms with E-state index in [0.717, 1.165) is 11.1 Å². The van der Waals surface area contributed by atoms with Crippen LogP contribution in [0.1, 0.15) is 37.8 Å². The quantitative estimate of drug-likeness (QED) is 0.0695. The molecule has 0 aromatic heterocycles. The van der Waals surface area contributed by atoms with E-state index >= 15 is 0 Å².